The largest absolute Gasteiger partial charge is 0.462 e. The fourth-order valence-electron chi connectivity index (χ4n) is 10.2. The molecule has 1 unspecified atom stereocenters. The van der Waals surface area contributed by atoms with Crippen LogP contribution in [-0.4, -0.2) is 37.2 Å². The monoisotopic (exact) mass is 1160 g/mol. The van der Waals surface area contributed by atoms with Gasteiger partial charge in [0.15, 0.2) is 6.10 Å². The molecule has 0 N–H and O–H groups in total. The Morgan fingerprint density at radius 1 is 0.253 bits per heavy atom. The minimum Gasteiger partial charge on any atom is -0.462 e. The van der Waals surface area contributed by atoms with Gasteiger partial charge in [-0.05, 0) is 103 Å². The number of unbranched alkanes of at least 4 members (excludes halogenated alkanes) is 38. The van der Waals surface area contributed by atoms with E-state index in [0.717, 1.165) is 116 Å². The smallest absolute Gasteiger partial charge is 0.306 e. The summed E-state index contributed by atoms with van der Waals surface area (Å²) in [5.41, 5.74) is 0. The molecule has 0 radical (unpaired) electrons. The second-order valence-electron chi connectivity index (χ2n) is 23.8. The second kappa shape index (κ2) is 70.8. The van der Waals surface area contributed by atoms with E-state index in [-0.39, 0.29) is 37.5 Å². The van der Waals surface area contributed by atoms with Gasteiger partial charge in [-0.15, -0.1) is 0 Å². The third kappa shape index (κ3) is 69.0. The van der Waals surface area contributed by atoms with E-state index in [2.05, 4.69) is 118 Å². The lowest BCUT2D eigenvalue weighted by Gasteiger charge is -2.18. The van der Waals surface area contributed by atoms with Crippen molar-refractivity contribution in [2.24, 2.45) is 0 Å². The van der Waals surface area contributed by atoms with E-state index >= 15 is 0 Å². The molecule has 0 spiro atoms. The van der Waals surface area contributed by atoms with Gasteiger partial charge in [-0.25, -0.2) is 0 Å². The average Bonchev–Trinajstić information content (AvgIpc) is 3.49. The maximum Gasteiger partial charge on any atom is 0.306 e. The summed E-state index contributed by atoms with van der Waals surface area (Å²) in [7, 11) is 0. The Balaban J connectivity index is 4.32. The topological polar surface area (TPSA) is 78.9 Å². The summed E-state index contributed by atoms with van der Waals surface area (Å²) in [5.74, 6) is -0.918. The normalized spacial score (nSPS) is 12.7. The van der Waals surface area contributed by atoms with Crippen molar-refractivity contribution in [3.63, 3.8) is 0 Å². The van der Waals surface area contributed by atoms with E-state index in [1.54, 1.807) is 0 Å². The van der Waals surface area contributed by atoms with Gasteiger partial charge >= 0.3 is 17.9 Å². The first-order valence-corrected chi connectivity index (χ1v) is 35.7. The Labute approximate surface area is 515 Å². The zero-order chi connectivity index (χ0) is 59.9. The number of hydrogen-bond donors (Lipinski definition) is 0. The molecular formula is C77H134O6. The van der Waals surface area contributed by atoms with Gasteiger partial charge in [-0.2, -0.15) is 0 Å². The van der Waals surface area contributed by atoms with E-state index in [1.807, 2.05) is 0 Å². The van der Waals surface area contributed by atoms with Crippen LogP contribution >= 0.6 is 0 Å². The third-order valence-electron chi connectivity index (χ3n) is 15.6. The SMILES string of the molecule is CC/C=C\C/C=C\C/C=C\C/C=C\C/C=C\C/C=C\C/C=C\CCCCCC(=O)OC(COC(=O)CCCCCCC/C=C\CCCCCC)COC(=O)CCCCCCCCCCCCCCCCCCCCCCCCCCCCC. The predicted octanol–water partition coefficient (Wildman–Crippen LogP) is 24.8. The summed E-state index contributed by atoms with van der Waals surface area (Å²) in [6.07, 6.45) is 95.9. The number of rotatable bonds is 65. The molecule has 0 aromatic rings. The van der Waals surface area contributed by atoms with Gasteiger partial charge in [-0.1, -0.05) is 330 Å². The fraction of sp³-hybridized carbons (Fsp3) is 0.753. The molecule has 1 atom stereocenters. The highest BCUT2D eigenvalue weighted by Crippen LogP contribution is 2.18. The molecule has 0 aromatic heterocycles. The molecule has 0 heterocycles. The Kier molecular flexibility index (Phi) is 67.7. The van der Waals surface area contributed by atoms with Crippen LogP contribution in [0.4, 0.5) is 0 Å². The molecule has 0 bridgehead atoms. The van der Waals surface area contributed by atoms with Crippen molar-refractivity contribution in [2.75, 3.05) is 13.2 Å². The first kappa shape index (κ1) is 79.3. The highest BCUT2D eigenvalue weighted by molar-refractivity contribution is 5.71. The molecule has 0 aliphatic heterocycles. The lowest BCUT2D eigenvalue weighted by Crippen LogP contribution is -2.30. The molecule has 0 aliphatic rings. The van der Waals surface area contributed by atoms with E-state index in [1.165, 1.54) is 199 Å². The van der Waals surface area contributed by atoms with Gasteiger partial charge in [0.25, 0.3) is 0 Å². The van der Waals surface area contributed by atoms with Gasteiger partial charge in [0.05, 0.1) is 0 Å². The maximum atomic E-state index is 12.9. The van der Waals surface area contributed by atoms with Crippen LogP contribution in [0.3, 0.4) is 0 Å². The van der Waals surface area contributed by atoms with Gasteiger partial charge in [0, 0.05) is 19.3 Å². The molecule has 83 heavy (non-hydrogen) atoms. The zero-order valence-corrected chi connectivity index (χ0v) is 54.9. The van der Waals surface area contributed by atoms with Crippen molar-refractivity contribution >= 4 is 17.9 Å². The first-order valence-electron chi connectivity index (χ1n) is 35.7. The number of hydrogen-bond acceptors (Lipinski definition) is 6. The molecular weight excluding hydrogens is 1020 g/mol. The minimum atomic E-state index is -0.800. The number of esters is 3. The van der Waals surface area contributed by atoms with Crippen LogP contribution in [0.25, 0.3) is 0 Å². The molecule has 478 valence electrons. The first-order chi connectivity index (χ1) is 41.0. The Morgan fingerprint density at radius 2 is 0.470 bits per heavy atom. The zero-order valence-electron chi connectivity index (χ0n) is 54.9. The van der Waals surface area contributed by atoms with E-state index < -0.39 is 6.10 Å². The number of carbonyl (C=O) groups excluding carboxylic acids is 3. The van der Waals surface area contributed by atoms with Crippen LogP contribution in [0.15, 0.2) is 97.2 Å². The summed E-state index contributed by atoms with van der Waals surface area (Å²) in [6.45, 7) is 6.52. The van der Waals surface area contributed by atoms with Gasteiger partial charge in [-0.3, -0.25) is 14.4 Å². The van der Waals surface area contributed by atoms with Crippen molar-refractivity contribution in [3.05, 3.63) is 97.2 Å². The van der Waals surface area contributed by atoms with Crippen molar-refractivity contribution in [3.8, 4) is 0 Å². The lowest BCUT2D eigenvalue weighted by molar-refractivity contribution is -0.167. The molecule has 0 aromatic carbocycles. The Bertz CT molecular complexity index is 1610. The van der Waals surface area contributed by atoms with Crippen molar-refractivity contribution in [1.82, 2.24) is 0 Å². The van der Waals surface area contributed by atoms with Crippen LogP contribution in [0.5, 0.6) is 0 Å². The standard InChI is InChI=1S/C77H134O6/c1-4-7-10-13-16-19-22-25-27-29-31-33-35-37-38-40-41-43-45-47-49-52-55-58-61-64-67-70-76(79)82-73-74(72-81-75(78)69-66-63-60-57-54-51-24-21-18-15-12-9-6-3)83-77(80)71-68-65-62-59-56-53-50-48-46-44-42-39-36-34-32-30-28-26-23-20-17-14-11-8-5-2/h8,11,17,20-21,24,26,28,32,34,39,42,46,48,53,56,74H,4-7,9-10,12-16,18-19,22-23,25,27,29-31,33,35-38,40-41,43-45,47,49-52,54-55,57-73H2,1-3H3/b11-8-,20-17-,24-21-,28-26-,34-32-,42-39-,48-46-,56-53-. The maximum absolute atomic E-state index is 12.9. The highest BCUT2D eigenvalue weighted by atomic mass is 16.6. The predicted molar refractivity (Wildman–Crippen MR) is 362 cm³/mol. The molecule has 0 saturated carbocycles. The summed E-state index contributed by atoms with van der Waals surface area (Å²) in [5, 5.41) is 0. The average molecular weight is 1160 g/mol. The van der Waals surface area contributed by atoms with Crippen molar-refractivity contribution in [2.45, 2.75) is 361 Å². The van der Waals surface area contributed by atoms with E-state index in [0.29, 0.717) is 12.8 Å². The minimum absolute atomic E-state index is 0.0912. The molecule has 0 saturated heterocycles. The van der Waals surface area contributed by atoms with Crippen LogP contribution < -0.4 is 0 Å². The van der Waals surface area contributed by atoms with Crippen LogP contribution in [-0.2, 0) is 28.6 Å². The van der Waals surface area contributed by atoms with E-state index in [4.69, 9.17) is 14.2 Å². The Hall–Kier alpha value is -3.67. The number of ether oxygens (including phenoxy) is 3. The second-order valence-corrected chi connectivity index (χ2v) is 23.8. The summed E-state index contributed by atoms with van der Waals surface area (Å²) in [4.78, 5) is 38.4. The lowest BCUT2D eigenvalue weighted by atomic mass is 10.0. The quantitative estimate of drug-likeness (QED) is 0.0261. The van der Waals surface area contributed by atoms with Crippen molar-refractivity contribution in [1.29, 1.82) is 0 Å². The van der Waals surface area contributed by atoms with Gasteiger partial charge < -0.3 is 14.2 Å². The summed E-state index contributed by atoms with van der Waals surface area (Å²) >= 11 is 0. The molecule has 6 nitrogen and oxygen atoms in total. The molecule has 6 heteroatoms. The molecule has 0 amide bonds. The van der Waals surface area contributed by atoms with Gasteiger partial charge in [0.1, 0.15) is 13.2 Å². The highest BCUT2D eigenvalue weighted by Gasteiger charge is 2.19. The summed E-state index contributed by atoms with van der Waals surface area (Å²) in [6, 6.07) is 0. The fourth-order valence-corrected chi connectivity index (χ4v) is 10.2. The van der Waals surface area contributed by atoms with Crippen molar-refractivity contribution < 1.29 is 28.6 Å². The number of carbonyl (C=O) groups is 3. The molecule has 0 fully saturated rings. The third-order valence-corrected chi connectivity index (χ3v) is 15.6. The van der Waals surface area contributed by atoms with Crippen LogP contribution in [0.1, 0.15) is 355 Å². The molecule has 0 rings (SSSR count). The van der Waals surface area contributed by atoms with E-state index in [9.17, 15) is 14.4 Å². The van der Waals surface area contributed by atoms with Crippen LogP contribution in [0, 0.1) is 0 Å². The molecule has 0 aliphatic carbocycles. The summed E-state index contributed by atoms with van der Waals surface area (Å²) < 4.78 is 16.9. The Morgan fingerprint density at radius 3 is 0.771 bits per heavy atom. The van der Waals surface area contributed by atoms with Gasteiger partial charge in [0.2, 0.25) is 0 Å². The van der Waals surface area contributed by atoms with Crippen LogP contribution in [0.2, 0.25) is 0 Å². The number of allylic oxidation sites excluding steroid dienone is 16.